The van der Waals surface area contributed by atoms with Crippen molar-refractivity contribution in [2.75, 3.05) is 12.0 Å². The van der Waals surface area contributed by atoms with Gasteiger partial charge in [0.05, 0.1) is 30.4 Å². The Morgan fingerprint density at radius 1 is 0.914 bits per heavy atom. The quantitative estimate of drug-likeness (QED) is 0.238. The number of nitrogens with zero attached hydrogens (tertiary/aromatic N) is 1. The summed E-state index contributed by atoms with van der Waals surface area (Å²) in [5, 5.41) is 11.2. The van der Waals surface area contributed by atoms with Crippen LogP contribution in [0.15, 0.2) is 84.4 Å². The highest BCUT2D eigenvalue weighted by molar-refractivity contribution is 6.51. The molecule has 0 aromatic heterocycles. The number of anilines is 1. The van der Waals surface area contributed by atoms with E-state index in [2.05, 4.69) is 0 Å². The number of carbonyl (C=O) groups is 3. The van der Waals surface area contributed by atoms with Crippen LogP contribution in [0, 0.1) is 0 Å². The Morgan fingerprint density at radius 3 is 2.23 bits per heavy atom. The molecule has 1 aliphatic heterocycles. The molecule has 1 atom stereocenters. The molecule has 35 heavy (non-hydrogen) atoms. The van der Waals surface area contributed by atoms with Crippen LogP contribution < -0.4 is 9.64 Å². The number of ether oxygens (including phenoxy) is 2. The Morgan fingerprint density at radius 2 is 1.60 bits per heavy atom. The predicted molar refractivity (Wildman–Crippen MR) is 131 cm³/mol. The van der Waals surface area contributed by atoms with Crippen LogP contribution >= 0.6 is 0 Å². The van der Waals surface area contributed by atoms with Gasteiger partial charge in [-0.2, -0.15) is 0 Å². The van der Waals surface area contributed by atoms with Gasteiger partial charge in [0.25, 0.3) is 11.7 Å². The molecule has 0 saturated carbocycles. The first-order valence-corrected chi connectivity index (χ1v) is 11.1. The van der Waals surface area contributed by atoms with E-state index in [9.17, 15) is 19.5 Å². The van der Waals surface area contributed by atoms with Gasteiger partial charge in [0.1, 0.15) is 11.5 Å². The third-order valence-electron chi connectivity index (χ3n) is 5.63. The van der Waals surface area contributed by atoms with Gasteiger partial charge in [0, 0.05) is 11.3 Å². The zero-order chi connectivity index (χ0) is 25.1. The summed E-state index contributed by atoms with van der Waals surface area (Å²) in [6.45, 7) is 3.49. The summed E-state index contributed by atoms with van der Waals surface area (Å²) >= 11 is 0. The van der Waals surface area contributed by atoms with Crippen molar-refractivity contribution in [1.82, 2.24) is 0 Å². The summed E-state index contributed by atoms with van der Waals surface area (Å²) < 4.78 is 10.4. The Bertz CT molecular complexity index is 1290. The first-order valence-electron chi connectivity index (χ1n) is 11.1. The van der Waals surface area contributed by atoms with Gasteiger partial charge in [-0.25, -0.2) is 4.79 Å². The summed E-state index contributed by atoms with van der Waals surface area (Å²) in [7, 11) is 1.53. The molecule has 1 N–H and O–H groups in total. The standard InChI is InChI=1S/C28H25NO6/c1-17(2)35-28(33)20-10-7-11-21(16-20)29-24(18-8-5-4-6-9-18)23(26(31)27(29)32)25(30)19-12-14-22(34-3)15-13-19/h4-17,24,30H,1-3H3/b25-23+. The van der Waals surface area contributed by atoms with Gasteiger partial charge in [-0.05, 0) is 61.9 Å². The minimum atomic E-state index is -0.894. The third-order valence-corrected chi connectivity index (χ3v) is 5.63. The van der Waals surface area contributed by atoms with Gasteiger partial charge in [-0.15, -0.1) is 0 Å². The van der Waals surface area contributed by atoms with Gasteiger partial charge < -0.3 is 14.6 Å². The number of methoxy groups -OCH3 is 1. The molecule has 0 spiro atoms. The summed E-state index contributed by atoms with van der Waals surface area (Å²) in [5.41, 5.74) is 1.56. The smallest absolute Gasteiger partial charge is 0.338 e. The largest absolute Gasteiger partial charge is 0.507 e. The van der Waals surface area contributed by atoms with E-state index in [1.807, 2.05) is 6.07 Å². The normalized spacial score (nSPS) is 17.0. The minimum absolute atomic E-state index is 0.0403. The fourth-order valence-corrected chi connectivity index (χ4v) is 4.02. The van der Waals surface area contributed by atoms with Gasteiger partial charge >= 0.3 is 5.97 Å². The maximum atomic E-state index is 13.3. The minimum Gasteiger partial charge on any atom is -0.507 e. The molecule has 0 radical (unpaired) electrons. The number of ketones is 1. The number of amides is 1. The molecule has 0 aliphatic carbocycles. The third kappa shape index (κ3) is 4.66. The van der Waals surface area contributed by atoms with Crippen LogP contribution in [0.3, 0.4) is 0 Å². The molecule has 3 aromatic rings. The first kappa shape index (κ1) is 23.8. The summed E-state index contributed by atoms with van der Waals surface area (Å²) in [4.78, 5) is 40.3. The average Bonchev–Trinajstić information content (AvgIpc) is 3.14. The molecule has 1 aliphatic rings. The Kier molecular flexibility index (Phi) is 6.68. The number of Topliss-reactive ketones (excluding diaryl/α,β-unsaturated/α-hetero) is 1. The molecule has 7 nitrogen and oxygen atoms in total. The molecule has 7 heteroatoms. The summed E-state index contributed by atoms with van der Waals surface area (Å²) in [6.07, 6.45) is -0.311. The summed E-state index contributed by atoms with van der Waals surface area (Å²) in [5.74, 6) is -1.86. The van der Waals surface area contributed by atoms with Crippen LogP contribution in [0.4, 0.5) is 5.69 Å². The van der Waals surface area contributed by atoms with Gasteiger partial charge in [-0.1, -0.05) is 36.4 Å². The Balaban J connectivity index is 1.86. The van der Waals surface area contributed by atoms with Crippen molar-refractivity contribution in [3.8, 4) is 5.75 Å². The van der Waals surface area contributed by atoms with Crippen LogP contribution in [0.5, 0.6) is 5.75 Å². The van der Waals surface area contributed by atoms with Crippen molar-refractivity contribution in [3.63, 3.8) is 0 Å². The number of esters is 1. The second-order valence-electron chi connectivity index (χ2n) is 8.31. The predicted octanol–water partition coefficient (Wildman–Crippen LogP) is 4.89. The molecule has 1 fully saturated rings. The molecule has 1 amide bonds. The highest BCUT2D eigenvalue weighted by Crippen LogP contribution is 2.42. The van der Waals surface area contributed by atoms with Crippen molar-refractivity contribution in [2.24, 2.45) is 0 Å². The lowest BCUT2D eigenvalue weighted by Crippen LogP contribution is -2.29. The molecular formula is C28H25NO6. The van der Waals surface area contributed by atoms with E-state index in [1.54, 1.807) is 80.6 Å². The van der Waals surface area contributed by atoms with E-state index in [-0.39, 0.29) is 23.0 Å². The van der Waals surface area contributed by atoms with Crippen molar-refractivity contribution in [3.05, 3.63) is 101 Å². The van der Waals surface area contributed by atoms with E-state index in [4.69, 9.17) is 9.47 Å². The monoisotopic (exact) mass is 471 g/mol. The molecule has 1 unspecified atom stereocenters. The zero-order valence-corrected chi connectivity index (χ0v) is 19.6. The van der Waals surface area contributed by atoms with E-state index >= 15 is 0 Å². The highest BCUT2D eigenvalue weighted by atomic mass is 16.5. The van der Waals surface area contributed by atoms with Crippen LogP contribution in [0.1, 0.15) is 41.4 Å². The maximum absolute atomic E-state index is 13.3. The number of aliphatic hydroxyl groups is 1. The molecule has 1 heterocycles. The molecule has 4 rings (SSSR count). The Hall–Kier alpha value is -4.39. The number of benzene rings is 3. The first-order chi connectivity index (χ1) is 16.8. The lowest BCUT2D eigenvalue weighted by atomic mass is 9.95. The fraction of sp³-hybridized carbons (Fsp3) is 0.179. The SMILES string of the molecule is COc1ccc(/C(O)=C2\C(=O)C(=O)N(c3cccc(C(=O)OC(C)C)c3)C2c2ccccc2)cc1. The lowest BCUT2D eigenvalue weighted by Gasteiger charge is -2.25. The molecular weight excluding hydrogens is 446 g/mol. The molecule has 3 aromatic carbocycles. The number of rotatable bonds is 6. The van der Waals surface area contributed by atoms with Crippen molar-refractivity contribution in [2.45, 2.75) is 26.0 Å². The maximum Gasteiger partial charge on any atom is 0.338 e. The van der Waals surface area contributed by atoms with Gasteiger partial charge in [0.15, 0.2) is 0 Å². The van der Waals surface area contributed by atoms with Crippen molar-refractivity contribution >= 4 is 29.1 Å². The van der Waals surface area contributed by atoms with Crippen LogP contribution in [-0.4, -0.2) is 36.0 Å². The zero-order valence-electron chi connectivity index (χ0n) is 19.6. The number of hydrogen-bond acceptors (Lipinski definition) is 6. The van der Waals surface area contributed by atoms with Crippen LogP contribution in [-0.2, 0) is 14.3 Å². The fourth-order valence-electron chi connectivity index (χ4n) is 4.02. The molecule has 0 bridgehead atoms. The molecule has 178 valence electrons. The summed E-state index contributed by atoms with van der Waals surface area (Å²) in [6, 6.07) is 21.0. The van der Waals surface area contributed by atoms with Gasteiger partial charge in [0.2, 0.25) is 0 Å². The van der Waals surface area contributed by atoms with Gasteiger partial charge in [-0.3, -0.25) is 14.5 Å². The van der Waals surface area contributed by atoms with Crippen molar-refractivity contribution < 1.29 is 29.0 Å². The topological polar surface area (TPSA) is 93.1 Å². The average molecular weight is 472 g/mol. The van der Waals surface area contributed by atoms with E-state index in [1.165, 1.54) is 18.1 Å². The number of aliphatic hydroxyl groups excluding tert-OH is 1. The van der Waals surface area contributed by atoms with Crippen LogP contribution in [0.25, 0.3) is 5.76 Å². The van der Waals surface area contributed by atoms with Crippen LogP contribution in [0.2, 0.25) is 0 Å². The second kappa shape index (κ2) is 9.85. The van der Waals surface area contributed by atoms with E-state index in [0.29, 0.717) is 22.6 Å². The molecule has 1 saturated heterocycles. The number of hydrogen-bond donors (Lipinski definition) is 1. The second-order valence-corrected chi connectivity index (χ2v) is 8.31. The Labute approximate surface area is 203 Å². The lowest BCUT2D eigenvalue weighted by molar-refractivity contribution is -0.132. The van der Waals surface area contributed by atoms with E-state index < -0.39 is 23.7 Å². The van der Waals surface area contributed by atoms with Crippen molar-refractivity contribution in [1.29, 1.82) is 0 Å². The number of carbonyl (C=O) groups excluding carboxylic acids is 3. The van der Waals surface area contributed by atoms with E-state index in [0.717, 1.165) is 0 Å². The highest BCUT2D eigenvalue weighted by Gasteiger charge is 2.47.